The van der Waals surface area contributed by atoms with Crippen molar-refractivity contribution in [3.63, 3.8) is 0 Å². The molecule has 3 aliphatic rings. The molecule has 0 bridgehead atoms. The van der Waals surface area contributed by atoms with Crippen LogP contribution in [0.15, 0.2) is 30.5 Å². The van der Waals surface area contributed by atoms with Crippen molar-refractivity contribution >= 4 is 23.2 Å². The average Bonchev–Trinajstić information content (AvgIpc) is 3.03. The molecule has 3 aromatic rings. The number of hydrogen-bond acceptors (Lipinski definition) is 9. The summed E-state index contributed by atoms with van der Waals surface area (Å²) in [5, 5.41) is 19.3. The van der Waals surface area contributed by atoms with Crippen LogP contribution in [-0.2, 0) is 27.2 Å². The Labute approximate surface area is 279 Å². The van der Waals surface area contributed by atoms with Crippen LogP contribution in [0.25, 0.3) is 11.1 Å². The first-order valence-corrected chi connectivity index (χ1v) is 17.0. The van der Waals surface area contributed by atoms with Gasteiger partial charge in [-0.05, 0) is 76.0 Å². The zero-order chi connectivity index (χ0) is 33.5. The van der Waals surface area contributed by atoms with Crippen molar-refractivity contribution < 1.29 is 19.4 Å². The van der Waals surface area contributed by atoms with Gasteiger partial charge in [-0.3, -0.25) is 4.98 Å². The maximum atomic E-state index is 12.9. The number of fused-ring (bicyclic) bond motifs is 1. The molecule has 1 aromatic carbocycles. The second-order valence-electron chi connectivity index (χ2n) is 15.0. The van der Waals surface area contributed by atoms with Crippen LogP contribution in [0.5, 0.6) is 0 Å². The van der Waals surface area contributed by atoms with Crippen molar-refractivity contribution in [3.8, 4) is 11.1 Å². The monoisotopic (exact) mass is 642 g/mol. The fraction of sp³-hybridized carbons (Fsp3) is 0.568. The first kappa shape index (κ1) is 33.2. The molecule has 1 N–H and O–H groups in total. The second kappa shape index (κ2) is 13.0. The van der Waals surface area contributed by atoms with Crippen LogP contribution in [0.1, 0.15) is 81.6 Å². The van der Waals surface area contributed by atoms with E-state index in [1.807, 2.05) is 40.8 Å². The molecular formula is C37H50N6O4. The summed E-state index contributed by atoms with van der Waals surface area (Å²) < 4.78 is 11.8. The van der Waals surface area contributed by atoms with E-state index in [1.165, 1.54) is 11.1 Å². The van der Waals surface area contributed by atoms with E-state index in [1.54, 1.807) is 0 Å². The number of pyridine rings is 1. The first-order valence-electron chi connectivity index (χ1n) is 17.0. The number of piperidine rings is 1. The highest BCUT2D eigenvalue weighted by Gasteiger charge is 2.36. The summed E-state index contributed by atoms with van der Waals surface area (Å²) in [5.74, 6) is -0.0973. The van der Waals surface area contributed by atoms with E-state index in [-0.39, 0.29) is 5.41 Å². The number of aromatic nitrogens is 3. The van der Waals surface area contributed by atoms with Gasteiger partial charge in [0.2, 0.25) is 0 Å². The minimum atomic E-state index is -1.13. The smallest absolute Gasteiger partial charge is 0.337 e. The molecule has 2 saturated heterocycles. The number of hydrogen-bond donors (Lipinski definition) is 1. The molecule has 0 radical (unpaired) electrons. The van der Waals surface area contributed by atoms with E-state index in [2.05, 4.69) is 63.0 Å². The van der Waals surface area contributed by atoms with Crippen LogP contribution in [0.3, 0.4) is 0 Å². The predicted octanol–water partition coefficient (Wildman–Crippen LogP) is 6.12. The lowest BCUT2D eigenvalue weighted by molar-refractivity contribution is -0.160. The molecule has 0 amide bonds. The summed E-state index contributed by atoms with van der Waals surface area (Å²) in [7, 11) is 0. The van der Waals surface area contributed by atoms with Gasteiger partial charge in [-0.15, -0.1) is 5.10 Å². The standard InChI is InChI=1S/C37H50N6O4/c1-24-31(33(42-14-11-37(6,7)12-15-42)32(25(2)39-24)34(35(44)45)47-36(3,4)5)27-8-9-28-23-43(13-10-26(28)20-27)29-21-30(40-38-22-29)41-16-18-46-19-17-41/h8-9,20-22,34H,10-19,23H2,1-7H3,(H,44,45)/t34-/m0/s1. The van der Waals surface area contributed by atoms with Crippen molar-refractivity contribution in [2.75, 3.05) is 60.6 Å². The summed E-state index contributed by atoms with van der Waals surface area (Å²) in [5.41, 5.74) is 8.58. The number of nitrogens with zero attached hydrogens (tertiary/aromatic N) is 6. The maximum absolute atomic E-state index is 12.9. The molecule has 5 heterocycles. The van der Waals surface area contributed by atoms with Gasteiger partial charge in [-0.2, -0.15) is 5.10 Å². The van der Waals surface area contributed by atoms with Crippen molar-refractivity contribution in [2.24, 2.45) is 5.41 Å². The maximum Gasteiger partial charge on any atom is 0.337 e. The van der Waals surface area contributed by atoms with E-state index in [0.29, 0.717) is 24.5 Å². The summed E-state index contributed by atoms with van der Waals surface area (Å²) in [6.07, 6.45) is 3.68. The molecule has 47 heavy (non-hydrogen) atoms. The van der Waals surface area contributed by atoms with Gasteiger partial charge >= 0.3 is 5.97 Å². The van der Waals surface area contributed by atoms with Crippen LogP contribution in [0.2, 0.25) is 0 Å². The minimum absolute atomic E-state index is 0.243. The van der Waals surface area contributed by atoms with Gasteiger partial charge in [-0.25, -0.2) is 4.79 Å². The number of carbonyl (C=O) groups is 1. The molecular weight excluding hydrogens is 592 g/mol. The fourth-order valence-electron chi connectivity index (χ4n) is 7.15. The van der Waals surface area contributed by atoms with E-state index in [0.717, 1.165) is 92.5 Å². The zero-order valence-corrected chi connectivity index (χ0v) is 29.1. The number of ether oxygens (including phenoxy) is 2. The van der Waals surface area contributed by atoms with E-state index < -0.39 is 17.7 Å². The zero-order valence-electron chi connectivity index (χ0n) is 29.1. The number of aliphatic carboxylic acids is 1. The van der Waals surface area contributed by atoms with Crippen LogP contribution < -0.4 is 14.7 Å². The van der Waals surface area contributed by atoms with Crippen molar-refractivity contribution in [1.82, 2.24) is 15.2 Å². The summed E-state index contributed by atoms with van der Waals surface area (Å²) in [6.45, 7) is 20.7. The molecule has 0 unspecified atom stereocenters. The predicted molar refractivity (Wildman–Crippen MR) is 185 cm³/mol. The van der Waals surface area contributed by atoms with Crippen molar-refractivity contribution in [3.05, 3.63) is 58.5 Å². The molecule has 252 valence electrons. The Morgan fingerprint density at radius 2 is 1.68 bits per heavy atom. The summed E-state index contributed by atoms with van der Waals surface area (Å²) in [6, 6.07) is 8.87. The molecule has 2 fully saturated rings. The average molecular weight is 643 g/mol. The number of aryl methyl sites for hydroxylation is 2. The molecule has 2 aromatic heterocycles. The lowest BCUT2D eigenvalue weighted by Gasteiger charge is -2.41. The van der Waals surface area contributed by atoms with Crippen molar-refractivity contribution in [1.29, 1.82) is 0 Å². The normalized spacial score (nSPS) is 19.0. The fourth-order valence-corrected chi connectivity index (χ4v) is 7.15. The van der Waals surface area contributed by atoms with Gasteiger partial charge in [0, 0.05) is 67.8 Å². The summed E-state index contributed by atoms with van der Waals surface area (Å²) in [4.78, 5) is 24.8. The Balaban J connectivity index is 1.37. The molecule has 6 rings (SSSR count). The van der Waals surface area contributed by atoms with Gasteiger partial charge in [0.25, 0.3) is 0 Å². The Morgan fingerprint density at radius 3 is 2.36 bits per heavy atom. The number of benzene rings is 1. The van der Waals surface area contributed by atoms with E-state index >= 15 is 0 Å². The van der Waals surface area contributed by atoms with Gasteiger partial charge in [-0.1, -0.05) is 32.0 Å². The van der Waals surface area contributed by atoms with E-state index in [9.17, 15) is 9.90 Å². The Bertz CT molecular complexity index is 1620. The number of morpholine rings is 1. The lowest BCUT2D eigenvalue weighted by atomic mass is 9.81. The molecule has 0 aliphatic carbocycles. The molecule has 10 nitrogen and oxygen atoms in total. The largest absolute Gasteiger partial charge is 0.479 e. The Morgan fingerprint density at radius 1 is 0.957 bits per heavy atom. The highest BCUT2D eigenvalue weighted by molar-refractivity contribution is 5.88. The first-order chi connectivity index (χ1) is 22.3. The number of anilines is 3. The summed E-state index contributed by atoms with van der Waals surface area (Å²) >= 11 is 0. The van der Waals surface area contributed by atoms with Crippen LogP contribution in [-0.4, -0.2) is 77.8 Å². The highest BCUT2D eigenvalue weighted by atomic mass is 16.5. The third-order valence-electron chi connectivity index (χ3n) is 9.80. The minimum Gasteiger partial charge on any atom is -0.479 e. The van der Waals surface area contributed by atoms with Crippen molar-refractivity contribution in [2.45, 2.75) is 86.0 Å². The van der Waals surface area contributed by atoms with Gasteiger partial charge in [0.1, 0.15) is 0 Å². The number of carboxylic acids is 1. The Kier molecular flexibility index (Phi) is 9.19. The third kappa shape index (κ3) is 7.23. The molecule has 1 atom stereocenters. The van der Waals surface area contributed by atoms with Gasteiger partial charge < -0.3 is 29.3 Å². The lowest BCUT2D eigenvalue weighted by Crippen LogP contribution is -2.39. The molecule has 0 spiro atoms. The third-order valence-corrected chi connectivity index (χ3v) is 9.80. The molecule has 0 saturated carbocycles. The number of rotatable bonds is 7. The molecule has 3 aliphatic heterocycles. The van der Waals surface area contributed by atoms with E-state index in [4.69, 9.17) is 14.5 Å². The topological polar surface area (TPSA) is 104 Å². The van der Waals surface area contributed by atoms with Crippen LogP contribution in [0, 0.1) is 19.3 Å². The van der Waals surface area contributed by atoms with Crippen LogP contribution >= 0.6 is 0 Å². The number of carboxylic acid groups (broad SMARTS) is 1. The SMILES string of the molecule is Cc1nc(C)c([C@H](OC(C)(C)C)C(=O)O)c(N2CCC(C)(C)CC2)c1-c1ccc2c(c1)CCN(c1cnnc(N3CCOCC3)c1)C2. The quantitative estimate of drug-likeness (QED) is 0.324. The van der Waals surface area contributed by atoms with Gasteiger partial charge in [0.15, 0.2) is 11.9 Å². The van der Waals surface area contributed by atoms with Gasteiger partial charge in [0.05, 0.1) is 36.4 Å². The highest BCUT2D eigenvalue weighted by Crippen LogP contribution is 2.45. The van der Waals surface area contributed by atoms with Crippen LogP contribution in [0.4, 0.5) is 17.2 Å². The Hall–Kier alpha value is -3.76. The second-order valence-corrected chi connectivity index (χ2v) is 15.0. The molecule has 10 heteroatoms.